The third kappa shape index (κ3) is 5.78. The van der Waals surface area contributed by atoms with E-state index in [-0.39, 0.29) is 6.41 Å². The van der Waals surface area contributed by atoms with Crippen molar-refractivity contribution in [1.82, 2.24) is 0 Å². The van der Waals surface area contributed by atoms with E-state index in [1.54, 1.807) is 0 Å². The van der Waals surface area contributed by atoms with Crippen molar-refractivity contribution in [1.29, 1.82) is 0 Å². The molecule has 60 valence electrons. The minimum atomic E-state index is -0.595. The largest absolute Gasteiger partial charge is 0.420 e. The van der Waals surface area contributed by atoms with E-state index < -0.39 is 9.04 Å². The summed E-state index contributed by atoms with van der Waals surface area (Å²) in [5.41, 5.74) is 4.17. The van der Waals surface area contributed by atoms with Crippen molar-refractivity contribution in [3.63, 3.8) is 0 Å². The number of carbonyl (C=O) groups is 1. The Morgan fingerprint density at radius 3 is 2.40 bits per heavy atom. The van der Waals surface area contributed by atoms with E-state index in [0.29, 0.717) is 0 Å². The number of rotatable bonds is 0. The second-order valence-corrected chi connectivity index (χ2v) is 4.85. The maximum Gasteiger partial charge on any atom is 0.204 e. The van der Waals surface area contributed by atoms with Crippen LogP contribution in [0.4, 0.5) is 0 Å². The average Bonchev–Trinajstić information content (AvgIpc) is 1.91. The van der Waals surface area contributed by atoms with E-state index in [2.05, 4.69) is 12.3 Å². The normalized spacial score (nSPS) is 24.3. The summed E-state index contributed by atoms with van der Waals surface area (Å²) in [6, 6.07) is 1.40. The van der Waals surface area contributed by atoms with Gasteiger partial charge in [-0.05, 0) is 19.0 Å². The molecule has 10 heavy (non-hydrogen) atoms. The van der Waals surface area contributed by atoms with E-state index in [0.717, 1.165) is 6.61 Å². The molecule has 1 amide bonds. The van der Waals surface area contributed by atoms with Crippen LogP contribution in [0.15, 0.2) is 0 Å². The molecule has 0 spiro atoms. The topological polar surface area (TPSA) is 52.3 Å². The fourth-order valence-electron chi connectivity index (χ4n) is 0.902. The van der Waals surface area contributed by atoms with Crippen molar-refractivity contribution in [3.8, 4) is 0 Å². The van der Waals surface area contributed by atoms with E-state index in [1.165, 1.54) is 18.9 Å². The number of primary amides is 1. The Morgan fingerprint density at radius 2 is 2.20 bits per heavy atom. The van der Waals surface area contributed by atoms with Crippen molar-refractivity contribution < 1.29 is 9.22 Å². The molecule has 0 saturated carbocycles. The van der Waals surface area contributed by atoms with E-state index in [4.69, 9.17) is 9.22 Å². The molecular formula is C6H15NO2Si. The lowest BCUT2D eigenvalue weighted by atomic mass is 10.4. The zero-order valence-corrected chi connectivity index (χ0v) is 7.53. The molecule has 0 radical (unpaired) electrons. The first-order chi connectivity index (χ1) is 4.81. The molecule has 1 unspecified atom stereocenters. The van der Waals surface area contributed by atoms with E-state index in [1.807, 2.05) is 0 Å². The van der Waals surface area contributed by atoms with Crippen LogP contribution in [0.2, 0.25) is 12.6 Å². The van der Waals surface area contributed by atoms with Crippen LogP contribution in [0.3, 0.4) is 0 Å². The lowest BCUT2D eigenvalue weighted by molar-refractivity contribution is -0.106. The summed E-state index contributed by atoms with van der Waals surface area (Å²) in [4.78, 5) is 8.58. The molecule has 1 rings (SSSR count). The van der Waals surface area contributed by atoms with Gasteiger partial charge in [-0.2, -0.15) is 0 Å². The highest BCUT2D eigenvalue weighted by atomic mass is 28.3. The first-order valence-corrected chi connectivity index (χ1v) is 6.02. The van der Waals surface area contributed by atoms with Crippen molar-refractivity contribution in [2.75, 3.05) is 6.61 Å². The smallest absolute Gasteiger partial charge is 0.204 e. The van der Waals surface area contributed by atoms with Gasteiger partial charge in [-0.3, -0.25) is 4.79 Å². The minimum absolute atomic E-state index is 0.250. The molecule has 1 aliphatic rings. The number of hydrogen-bond donors (Lipinski definition) is 1. The van der Waals surface area contributed by atoms with Crippen molar-refractivity contribution in [2.24, 2.45) is 5.73 Å². The second kappa shape index (κ2) is 6.76. The zero-order valence-electron chi connectivity index (χ0n) is 6.38. The molecule has 0 aromatic rings. The molecule has 0 aromatic heterocycles. The highest BCUT2D eigenvalue weighted by Gasteiger charge is 2.08. The molecule has 3 nitrogen and oxygen atoms in total. The predicted octanol–water partition coefficient (Wildman–Crippen LogP) is 0.252. The standard InChI is InChI=1S/C5H12OSi.CH3NO/c1-7-5-3-2-4-6-7;2-1-3/h7H,2-5H2,1H3;1H,(H2,2,3). The summed E-state index contributed by atoms with van der Waals surface area (Å²) in [6.07, 6.45) is 2.98. The Morgan fingerprint density at radius 1 is 1.60 bits per heavy atom. The van der Waals surface area contributed by atoms with Crippen LogP contribution in [-0.4, -0.2) is 22.1 Å². The summed E-state index contributed by atoms with van der Waals surface area (Å²) in [6.45, 7) is 3.33. The summed E-state index contributed by atoms with van der Waals surface area (Å²) < 4.78 is 5.42. The summed E-state index contributed by atoms with van der Waals surface area (Å²) in [5, 5.41) is 0. The van der Waals surface area contributed by atoms with Gasteiger partial charge in [0, 0.05) is 6.61 Å². The van der Waals surface area contributed by atoms with Crippen molar-refractivity contribution >= 4 is 15.5 Å². The molecule has 1 aliphatic heterocycles. The number of hydrogen-bond acceptors (Lipinski definition) is 2. The number of carbonyl (C=O) groups excluding carboxylic acids is 1. The lowest BCUT2D eigenvalue weighted by Crippen LogP contribution is -2.18. The molecule has 1 heterocycles. The molecule has 2 N–H and O–H groups in total. The Labute approximate surface area is 63.3 Å². The van der Waals surface area contributed by atoms with Crippen LogP contribution in [-0.2, 0) is 9.22 Å². The highest BCUT2D eigenvalue weighted by molar-refractivity contribution is 6.50. The van der Waals surface area contributed by atoms with Crippen LogP contribution in [0.25, 0.3) is 0 Å². The SMILES string of the molecule is C[SiH]1CCCCO1.NC=O. The van der Waals surface area contributed by atoms with Gasteiger partial charge < -0.3 is 10.2 Å². The first-order valence-electron chi connectivity index (χ1n) is 3.58. The van der Waals surface area contributed by atoms with Gasteiger partial charge >= 0.3 is 0 Å². The third-order valence-corrected chi connectivity index (χ3v) is 3.43. The number of amides is 1. The molecule has 1 saturated heterocycles. The predicted molar refractivity (Wildman–Crippen MR) is 43.3 cm³/mol. The zero-order chi connectivity index (χ0) is 7.82. The fourth-order valence-corrected chi connectivity index (χ4v) is 2.50. The number of nitrogens with two attached hydrogens (primary N) is 1. The molecule has 0 aromatic carbocycles. The molecule has 0 bridgehead atoms. The highest BCUT2D eigenvalue weighted by Crippen LogP contribution is 2.09. The Bertz CT molecular complexity index is 83.8. The van der Waals surface area contributed by atoms with Gasteiger partial charge in [0.2, 0.25) is 6.41 Å². The monoisotopic (exact) mass is 161 g/mol. The van der Waals surface area contributed by atoms with Crippen LogP contribution in [0.1, 0.15) is 12.8 Å². The molecular weight excluding hydrogens is 146 g/mol. The average molecular weight is 161 g/mol. The van der Waals surface area contributed by atoms with Crippen molar-refractivity contribution in [2.45, 2.75) is 25.4 Å². The van der Waals surface area contributed by atoms with Gasteiger partial charge in [-0.25, -0.2) is 0 Å². The summed E-state index contributed by atoms with van der Waals surface area (Å²) >= 11 is 0. The fraction of sp³-hybridized carbons (Fsp3) is 0.833. The summed E-state index contributed by atoms with van der Waals surface area (Å²) in [5.74, 6) is 0. The quantitative estimate of drug-likeness (QED) is 0.409. The second-order valence-electron chi connectivity index (χ2n) is 2.31. The van der Waals surface area contributed by atoms with Gasteiger partial charge in [0.1, 0.15) is 0 Å². The van der Waals surface area contributed by atoms with Crippen molar-refractivity contribution in [3.05, 3.63) is 0 Å². The van der Waals surface area contributed by atoms with Gasteiger partial charge in [0.25, 0.3) is 0 Å². The molecule has 1 atom stereocenters. The van der Waals surface area contributed by atoms with Crippen LogP contribution >= 0.6 is 0 Å². The summed E-state index contributed by atoms with van der Waals surface area (Å²) in [7, 11) is -0.595. The van der Waals surface area contributed by atoms with Gasteiger partial charge in [0.15, 0.2) is 9.04 Å². The molecule has 1 fully saturated rings. The van der Waals surface area contributed by atoms with Gasteiger partial charge in [-0.1, -0.05) is 6.42 Å². The van der Waals surface area contributed by atoms with E-state index in [9.17, 15) is 0 Å². The van der Waals surface area contributed by atoms with Crippen LogP contribution < -0.4 is 5.73 Å². The first kappa shape index (κ1) is 9.65. The van der Waals surface area contributed by atoms with Crippen LogP contribution in [0.5, 0.6) is 0 Å². The van der Waals surface area contributed by atoms with Gasteiger partial charge in [0.05, 0.1) is 0 Å². The van der Waals surface area contributed by atoms with Gasteiger partial charge in [-0.15, -0.1) is 0 Å². The van der Waals surface area contributed by atoms with Crippen LogP contribution in [0, 0.1) is 0 Å². The molecule has 4 heteroatoms. The van der Waals surface area contributed by atoms with E-state index >= 15 is 0 Å². The Kier molecular flexibility index (Phi) is 6.52. The maximum absolute atomic E-state index is 8.58. The Balaban J connectivity index is 0.000000236. The lowest BCUT2D eigenvalue weighted by Gasteiger charge is -2.16. The minimum Gasteiger partial charge on any atom is -0.420 e. The molecule has 0 aliphatic carbocycles. The maximum atomic E-state index is 8.58. The Hall–Kier alpha value is -0.353. The third-order valence-electron chi connectivity index (χ3n) is 1.41.